The second kappa shape index (κ2) is 6.30. The normalized spacial score (nSPS) is 32.9. The Kier molecular flexibility index (Phi) is 4.20. The van der Waals surface area contributed by atoms with Crippen molar-refractivity contribution in [3.8, 4) is 0 Å². The highest BCUT2D eigenvalue weighted by molar-refractivity contribution is 5.09. The van der Waals surface area contributed by atoms with Crippen LogP contribution in [0.15, 0.2) is 12.4 Å². The molecule has 1 aromatic heterocycles. The molecule has 0 spiro atoms. The molecule has 2 saturated heterocycles. The van der Waals surface area contributed by atoms with Crippen LogP contribution in [0.2, 0.25) is 0 Å². The Morgan fingerprint density at radius 1 is 1.32 bits per heavy atom. The minimum atomic E-state index is 0.376. The fraction of sp³-hybridized carbons (Fsp3) is 0.824. The highest BCUT2D eigenvalue weighted by atomic mass is 16.5. The first kappa shape index (κ1) is 14.7. The standard InChI is InChI=1S/C17H27N3O2/c1-19-10-14(9-18-19)8-16-17(22-11-13-2-3-13)4-6-20(16)15-5-7-21-12-15/h9-10,13,15-17H,2-8,11-12H2,1H3/t15?,16-,17-/m0/s1. The summed E-state index contributed by atoms with van der Waals surface area (Å²) in [5.41, 5.74) is 1.32. The van der Waals surface area contributed by atoms with Gasteiger partial charge in [0.15, 0.2) is 0 Å². The van der Waals surface area contributed by atoms with Gasteiger partial charge in [-0.2, -0.15) is 5.10 Å². The van der Waals surface area contributed by atoms with Crippen molar-refractivity contribution in [3.63, 3.8) is 0 Å². The smallest absolute Gasteiger partial charge is 0.0745 e. The molecular formula is C17H27N3O2. The fourth-order valence-electron chi connectivity index (χ4n) is 3.89. The van der Waals surface area contributed by atoms with E-state index in [0.717, 1.165) is 45.1 Å². The molecule has 0 radical (unpaired) electrons. The minimum absolute atomic E-state index is 0.376. The summed E-state index contributed by atoms with van der Waals surface area (Å²) in [6.45, 7) is 3.91. The van der Waals surface area contributed by atoms with Gasteiger partial charge in [-0.05, 0) is 43.6 Å². The average Bonchev–Trinajstić information content (AvgIpc) is 2.92. The molecule has 5 heteroatoms. The lowest BCUT2D eigenvalue weighted by Gasteiger charge is -2.32. The van der Waals surface area contributed by atoms with Crippen molar-refractivity contribution in [3.05, 3.63) is 18.0 Å². The molecule has 0 bridgehead atoms. The highest BCUT2D eigenvalue weighted by Crippen LogP contribution is 2.33. The highest BCUT2D eigenvalue weighted by Gasteiger charge is 2.40. The van der Waals surface area contributed by atoms with Crippen molar-refractivity contribution in [2.75, 3.05) is 26.4 Å². The molecule has 1 aromatic rings. The SMILES string of the molecule is Cn1cc(C[C@H]2[C@@H](OCC3CC3)CCN2C2CCOC2)cn1. The van der Waals surface area contributed by atoms with Crippen molar-refractivity contribution in [1.29, 1.82) is 0 Å². The molecule has 4 rings (SSSR count). The number of ether oxygens (including phenoxy) is 2. The Labute approximate surface area is 132 Å². The van der Waals surface area contributed by atoms with Crippen molar-refractivity contribution >= 4 is 0 Å². The van der Waals surface area contributed by atoms with E-state index in [1.54, 1.807) is 0 Å². The molecule has 1 aliphatic carbocycles. The summed E-state index contributed by atoms with van der Waals surface area (Å²) in [4.78, 5) is 2.65. The molecule has 2 aliphatic heterocycles. The van der Waals surface area contributed by atoms with Crippen LogP contribution in [-0.4, -0.2) is 59.2 Å². The molecular weight excluding hydrogens is 278 g/mol. The van der Waals surface area contributed by atoms with Gasteiger partial charge in [0.1, 0.15) is 0 Å². The first-order chi connectivity index (χ1) is 10.8. The zero-order chi connectivity index (χ0) is 14.9. The first-order valence-electron chi connectivity index (χ1n) is 8.72. The third-order valence-electron chi connectivity index (χ3n) is 5.35. The molecule has 3 heterocycles. The Hall–Kier alpha value is -0.910. The topological polar surface area (TPSA) is 39.5 Å². The molecule has 122 valence electrons. The van der Waals surface area contributed by atoms with E-state index >= 15 is 0 Å². The zero-order valence-electron chi connectivity index (χ0n) is 13.5. The van der Waals surface area contributed by atoms with Crippen LogP contribution in [0.5, 0.6) is 0 Å². The molecule has 3 atom stereocenters. The lowest BCUT2D eigenvalue weighted by atomic mass is 10.0. The van der Waals surface area contributed by atoms with Gasteiger partial charge in [-0.25, -0.2) is 0 Å². The van der Waals surface area contributed by atoms with Crippen molar-refractivity contribution in [2.45, 2.75) is 50.3 Å². The summed E-state index contributed by atoms with van der Waals surface area (Å²) in [6, 6.07) is 1.06. The molecule has 1 saturated carbocycles. The molecule has 0 N–H and O–H groups in total. The predicted molar refractivity (Wildman–Crippen MR) is 83.7 cm³/mol. The van der Waals surface area contributed by atoms with Crippen LogP contribution in [0.1, 0.15) is 31.2 Å². The number of rotatable bonds is 6. The largest absolute Gasteiger partial charge is 0.380 e. The van der Waals surface area contributed by atoms with Crippen molar-refractivity contribution in [2.24, 2.45) is 13.0 Å². The fourth-order valence-corrected chi connectivity index (χ4v) is 3.89. The van der Waals surface area contributed by atoms with Crippen LogP contribution in [-0.2, 0) is 22.9 Å². The lowest BCUT2D eigenvalue weighted by molar-refractivity contribution is 0.0122. The maximum Gasteiger partial charge on any atom is 0.0745 e. The number of likely N-dealkylation sites (tertiary alicyclic amines) is 1. The number of hydrogen-bond donors (Lipinski definition) is 0. The third-order valence-corrected chi connectivity index (χ3v) is 5.35. The van der Waals surface area contributed by atoms with Gasteiger partial charge in [-0.15, -0.1) is 0 Å². The summed E-state index contributed by atoms with van der Waals surface area (Å²) in [6.07, 6.45) is 10.6. The maximum absolute atomic E-state index is 6.30. The van der Waals surface area contributed by atoms with E-state index < -0.39 is 0 Å². The van der Waals surface area contributed by atoms with Crippen molar-refractivity contribution in [1.82, 2.24) is 14.7 Å². The Morgan fingerprint density at radius 3 is 2.91 bits per heavy atom. The average molecular weight is 305 g/mol. The molecule has 22 heavy (non-hydrogen) atoms. The molecule has 1 unspecified atom stereocenters. The Bertz CT molecular complexity index is 494. The summed E-state index contributed by atoms with van der Waals surface area (Å²) in [7, 11) is 1.99. The quantitative estimate of drug-likeness (QED) is 0.801. The van der Waals surface area contributed by atoms with E-state index in [1.165, 1.54) is 24.8 Å². The van der Waals surface area contributed by atoms with Crippen LogP contribution in [0.4, 0.5) is 0 Å². The summed E-state index contributed by atoms with van der Waals surface area (Å²) < 4.78 is 13.8. The molecule has 3 fully saturated rings. The summed E-state index contributed by atoms with van der Waals surface area (Å²) >= 11 is 0. The second-order valence-corrected chi connectivity index (χ2v) is 7.15. The zero-order valence-corrected chi connectivity index (χ0v) is 13.5. The Morgan fingerprint density at radius 2 is 2.23 bits per heavy atom. The number of nitrogens with zero attached hydrogens (tertiary/aromatic N) is 3. The van der Waals surface area contributed by atoms with Crippen LogP contribution >= 0.6 is 0 Å². The second-order valence-electron chi connectivity index (χ2n) is 7.15. The molecule has 0 aromatic carbocycles. The van der Waals surface area contributed by atoms with Gasteiger partial charge in [0.2, 0.25) is 0 Å². The predicted octanol–water partition coefficient (Wildman–Crippen LogP) is 1.62. The van der Waals surface area contributed by atoms with Gasteiger partial charge in [0.25, 0.3) is 0 Å². The van der Waals surface area contributed by atoms with Gasteiger partial charge < -0.3 is 9.47 Å². The van der Waals surface area contributed by atoms with E-state index in [4.69, 9.17) is 9.47 Å². The number of aryl methyl sites for hydroxylation is 1. The van der Waals surface area contributed by atoms with E-state index in [0.29, 0.717) is 18.2 Å². The van der Waals surface area contributed by atoms with Gasteiger partial charge in [-0.3, -0.25) is 9.58 Å². The van der Waals surface area contributed by atoms with E-state index in [2.05, 4.69) is 16.2 Å². The van der Waals surface area contributed by atoms with E-state index in [9.17, 15) is 0 Å². The van der Waals surface area contributed by atoms with E-state index in [-0.39, 0.29) is 0 Å². The van der Waals surface area contributed by atoms with Gasteiger partial charge in [0, 0.05) is 45.1 Å². The number of aromatic nitrogens is 2. The van der Waals surface area contributed by atoms with Crippen LogP contribution in [0.3, 0.4) is 0 Å². The lowest BCUT2D eigenvalue weighted by Crippen LogP contribution is -2.44. The third kappa shape index (κ3) is 3.21. The van der Waals surface area contributed by atoms with Crippen LogP contribution in [0, 0.1) is 5.92 Å². The molecule has 0 amide bonds. The first-order valence-corrected chi connectivity index (χ1v) is 8.72. The van der Waals surface area contributed by atoms with Crippen molar-refractivity contribution < 1.29 is 9.47 Å². The van der Waals surface area contributed by atoms with Gasteiger partial charge >= 0.3 is 0 Å². The summed E-state index contributed by atoms with van der Waals surface area (Å²) in [5.74, 6) is 0.836. The van der Waals surface area contributed by atoms with Gasteiger partial charge in [-0.1, -0.05) is 0 Å². The molecule has 5 nitrogen and oxygen atoms in total. The minimum Gasteiger partial charge on any atom is -0.380 e. The van der Waals surface area contributed by atoms with E-state index in [1.807, 2.05) is 17.9 Å². The van der Waals surface area contributed by atoms with Gasteiger partial charge in [0.05, 0.1) is 18.9 Å². The molecule has 3 aliphatic rings. The number of hydrogen-bond acceptors (Lipinski definition) is 4. The summed E-state index contributed by atoms with van der Waals surface area (Å²) in [5, 5.41) is 4.32. The maximum atomic E-state index is 6.30. The Balaban J connectivity index is 1.45. The van der Waals surface area contributed by atoms with Crippen LogP contribution in [0.25, 0.3) is 0 Å². The monoisotopic (exact) mass is 305 g/mol. The van der Waals surface area contributed by atoms with Crippen LogP contribution < -0.4 is 0 Å².